The van der Waals surface area contributed by atoms with Crippen molar-refractivity contribution in [3.05, 3.63) is 28.8 Å². The van der Waals surface area contributed by atoms with Crippen molar-refractivity contribution in [1.29, 1.82) is 0 Å². The number of sulfonamides is 1. The Morgan fingerprint density at radius 1 is 1.35 bits per heavy atom. The molecule has 1 N–H and O–H groups in total. The summed E-state index contributed by atoms with van der Waals surface area (Å²) in [5.74, 6) is 0. The molecule has 1 aromatic carbocycles. The van der Waals surface area contributed by atoms with Crippen LogP contribution in [0, 0.1) is 6.92 Å². The smallest absolute Gasteiger partial charge is 0.240 e. The lowest BCUT2D eigenvalue weighted by Crippen LogP contribution is -2.31. The third-order valence-corrected chi connectivity index (χ3v) is 4.17. The molecule has 1 rings (SSSR count). The summed E-state index contributed by atoms with van der Waals surface area (Å²) >= 11 is 5.85. The predicted molar refractivity (Wildman–Crippen MR) is 69.9 cm³/mol. The Balaban J connectivity index is 2.79. The van der Waals surface area contributed by atoms with E-state index in [0.717, 1.165) is 5.56 Å². The maximum absolute atomic E-state index is 11.9. The normalized spacial score (nSPS) is 12.1. The molecular formula is C11H17ClN2O2S. The van der Waals surface area contributed by atoms with Crippen molar-refractivity contribution < 1.29 is 8.42 Å². The Hall–Kier alpha value is -0.620. The maximum Gasteiger partial charge on any atom is 0.240 e. The molecule has 96 valence electrons. The number of rotatable bonds is 5. The molecule has 0 aliphatic carbocycles. The molecule has 0 heterocycles. The summed E-state index contributed by atoms with van der Waals surface area (Å²) < 4.78 is 26.3. The standard InChI is InChI=1S/C11H17ClN2O2S/c1-9-8-10(4-5-11(9)12)17(15,16)13-6-7-14(2)3/h4-5,8,13H,6-7H2,1-3H3. The van der Waals surface area contributed by atoms with Gasteiger partial charge in [0, 0.05) is 18.1 Å². The van der Waals surface area contributed by atoms with Gasteiger partial charge in [0.05, 0.1) is 4.90 Å². The molecule has 0 saturated heterocycles. The minimum atomic E-state index is -3.43. The second-order valence-corrected chi connectivity index (χ2v) is 6.29. The van der Waals surface area contributed by atoms with E-state index in [4.69, 9.17) is 11.6 Å². The fourth-order valence-corrected chi connectivity index (χ4v) is 2.49. The van der Waals surface area contributed by atoms with Crippen LogP contribution in [0.15, 0.2) is 23.1 Å². The third kappa shape index (κ3) is 4.27. The van der Waals surface area contributed by atoms with Gasteiger partial charge in [-0.25, -0.2) is 13.1 Å². The van der Waals surface area contributed by atoms with Gasteiger partial charge in [0.1, 0.15) is 0 Å². The first-order valence-electron chi connectivity index (χ1n) is 5.23. The van der Waals surface area contributed by atoms with Crippen LogP contribution >= 0.6 is 11.6 Å². The zero-order chi connectivity index (χ0) is 13.1. The van der Waals surface area contributed by atoms with Gasteiger partial charge in [0.15, 0.2) is 0 Å². The molecule has 0 radical (unpaired) electrons. The van der Waals surface area contributed by atoms with Crippen molar-refractivity contribution in [2.75, 3.05) is 27.2 Å². The van der Waals surface area contributed by atoms with E-state index in [1.165, 1.54) is 6.07 Å². The van der Waals surface area contributed by atoms with Crippen LogP contribution in [0.3, 0.4) is 0 Å². The minimum Gasteiger partial charge on any atom is -0.308 e. The summed E-state index contributed by atoms with van der Waals surface area (Å²) in [6.07, 6.45) is 0. The van der Waals surface area contributed by atoms with Crippen LogP contribution in [0.5, 0.6) is 0 Å². The number of hydrogen-bond donors (Lipinski definition) is 1. The molecular weight excluding hydrogens is 260 g/mol. The lowest BCUT2D eigenvalue weighted by atomic mass is 10.2. The Labute approximate surface area is 108 Å². The third-order valence-electron chi connectivity index (χ3n) is 2.29. The molecule has 0 spiro atoms. The van der Waals surface area contributed by atoms with Crippen molar-refractivity contribution in [2.24, 2.45) is 0 Å². The van der Waals surface area contributed by atoms with Gasteiger partial charge >= 0.3 is 0 Å². The van der Waals surface area contributed by atoms with Gasteiger partial charge in [-0.05, 0) is 44.8 Å². The summed E-state index contributed by atoms with van der Waals surface area (Å²) in [6, 6.07) is 4.67. The van der Waals surface area contributed by atoms with E-state index in [1.807, 2.05) is 19.0 Å². The van der Waals surface area contributed by atoms with Gasteiger partial charge in [-0.1, -0.05) is 11.6 Å². The molecule has 4 nitrogen and oxygen atoms in total. The van der Waals surface area contributed by atoms with E-state index in [0.29, 0.717) is 18.1 Å². The first-order valence-corrected chi connectivity index (χ1v) is 7.09. The van der Waals surface area contributed by atoms with Crippen LogP contribution in [0.4, 0.5) is 0 Å². The van der Waals surface area contributed by atoms with Crippen LogP contribution < -0.4 is 4.72 Å². The molecule has 0 unspecified atom stereocenters. The van der Waals surface area contributed by atoms with Crippen LogP contribution in [0.2, 0.25) is 5.02 Å². The van der Waals surface area contributed by atoms with E-state index in [9.17, 15) is 8.42 Å². The Bertz CT molecular complexity index is 486. The molecule has 0 aliphatic rings. The number of benzene rings is 1. The zero-order valence-electron chi connectivity index (χ0n) is 10.2. The highest BCUT2D eigenvalue weighted by atomic mass is 35.5. The number of hydrogen-bond acceptors (Lipinski definition) is 3. The Kier molecular flexibility index (Phi) is 4.94. The summed E-state index contributed by atoms with van der Waals surface area (Å²) in [4.78, 5) is 2.16. The molecule has 0 aliphatic heterocycles. The first kappa shape index (κ1) is 14.4. The summed E-state index contributed by atoms with van der Waals surface area (Å²) in [5, 5.41) is 0.567. The van der Waals surface area contributed by atoms with Crippen molar-refractivity contribution in [3.8, 4) is 0 Å². The number of nitrogens with zero attached hydrogens (tertiary/aromatic N) is 1. The van der Waals surface area contributed by atoms with E-state index in [-0.39, 0.29) is 4.90 Å². The molecule has 0 atom stereocenters. The van der Waals surface area contributed by atoms with Crippen molar-refractivity contribution in [1.82, 2.24) is 9.62 Å². The predicted octanol–water partition coefficient (Wildman–Crippen LogP) is 1.49. The van der Waals surface area contributed by atoms with Gasteiger partial charge < -0.3 is 4.90 Å². The molecule has 0 aromatic heterocycles. The van der Waals surface area contributed by atoms with Gasteiger partial charge in [0.25, 0.3) is 0 Å². The Morgan fingerprint density at radius 3 is 2.53 bits per heavy atom. The van der Waals surface area contributed by atoms with Crippen LogP contribution in [-0.2, 0) is 10.0 Å². The lowest BCUT2D eigenvalue weighted by molar-refractivity contribution is 0.412. The van der Waals surface area contributed by atoms with Crippen LogP contribution in [-0.4, -0.2) is 40.5 Å². The maximum atomic E-state index is 11.9. The highest BCUT2D eigenvalue weighted by Crippen LogP contribution is 2.19. The van der Waals surface area contributed by atoms with Crippen LogP contribution in [0.25, 0.3) is 0 Å². The molecule has 6 heteroatoms. The van der Waals surface area contributed by atoms with Gasteiger partial charge in [-0.2, -0.15) is 0 Å². The van der Waals surface area contributed by atoms with Crippen LogP contribution in [0.1, 0.15) is 5.56 Å². The zero-order valence-corrected chi connectivity index (χ0v) is 11.8. The molecule has 0 amide bonds. The Morgan fingerprint density at radius 2 is 2.00 bits per heavy atom. The highest BCUT2D eigenvalue weighted by molar-refractivity contribution is 7.89. The summed E-state index contributed by atoms with van der Waals surface area (Å²) in [6.45, 7) is 2.82. The number of likely N-dealkylation sites (N-methyl/N-ethyl adjacent to an activating group) is 1. The molecule has 0 bridgehead atoms. The second-order valence-electron chi connectivity index (χ2n) is 4.11. The fraction of sp³-hybridized carbons (Fsp3) is 0.455. The van der Waals surface area contributed by atoms with Gasteiger partial charge in [-0.15, -0.1) is 0 Å². The average Bonchev–Trinajstić information content (AvgIpc) is 2.21. The van der Waals surface area contributed by atoms with Crippen molar-refractivity contribution >= 4 is 21.6 Å². The topological polar surface area (TPSA) is 49.4 Å². The number of halogens is 1. The summed E-state index contributed by atoms with van der Waals surface area (Å²) in [5.41, 5.74) is 0.752. The fourth-order valence-electron chi connectivity index (χ4n) is 1.27. The molecule has 1 aromatic rings. The van der Waals surface area contributed by atoms with E-state index >= 15 is 0 Å². The monoisotopic (exact) mass is 276 g/mol. The van der Waals surface area contributed by atoms with E-state index < -0.39 is 10.0 Å². The molecule has 0 fully saturated rings. The number of nitrogens with one attached hydrogen (secondary N) is 1. The van der Waals surface area contributed by atoms with Crippen molar-refractivity contribution in [2.45, 2.75) is 11.8 Å². The summed E-state index contributed by atoms with van der Waals surface area (Å²) in [7, 11) is 0.349. The molecule has 0 saturated carbocycles. The van der Waals surface area contributed by atoms with Gasteiger partial charge in [-0.3, -0.25) is 0 Å². The van der Waals surface area contributed by atoms with E-state index in [1.54, 1.807) is 19.1 Å². The second kappa shape index (κ2) is 5.82. The van der Waals surface area contributed by atoms with Gasteiger partial charge in [0.2, 0.25) is 10.0 Å². The quantitative estimate of drug-likeness (QED) is 0.886. The first-order chi connectivity index (χ1) is 7.83. The molecule has 17 heavy (non-hydrogen) atoms. The van der Waals surface area contributed by atoms with E-state index in [2.05, 4.69) is 4.72 Å². The average molecular weight is 277 g/mol. The lowest BCUT2D eigenvalue weighted by Gasteiger charge is -2.11. The van der Waals surface area contributed by atoms with Crippen molar-refractivity contribution in [3.63, 3.8) is 0 Å². The minimum absolute atomic E-state index is 0.248. The highest BCUT2D eigenvalue weighted by Gasteiger charge is 2.14. The largest absolute Gasteiger partial charge is 0.308 e. The number of aryl methyl sites for hydroxylation is 1. The SMILES string of the molecule is Cc1cc(S(=O)(=O)NCCN(C)C)ccc1Cl.